The standard InChI is InChI=1S/C53H33F3N4O/c1-32-14-12-19-35(28-32)42-30-37(52-58-50(33-15-4-2-5-16-33)57-51(59-52)34-17-6-3-7-18-34)31-43(36-20-13-21-38(29-36)53(54,55)56)48(42)60-44-24-10-8-23-41(44)47-45(60)27-26-40-39-22-9-11-25-46(39)61-49(40)47/h2-31H,1H3. The highest BCUT2D eigenvalue weighted by molar-refractivity contribution is 6.24. The van der Waals surface area contributed by atoms with E-state index < -0.39 is 11.7 Å². The lowest BCUT2D eigenvalue weighted by Gasteiger charge is -2.22. The molecule has 0 fully saturated rings. The fourth-order valence-corrected chi connectivity index (χ4v) is 8.53. The van der Waals surface area contributed by atoms with E-state index in [0.717, 1.165) is 77.6 Å². The Hall–Kier alpha value is -7.84. The smallest absolute Gasteiger partial charge is 0.416 e. The van der Waals surface area contributed by atoms with Crippen LogP contribution in [0.1, 0.15) is 11.1 Å². The molecule has 11 rings (SSSR count). The minimum atomic E-state index is -4.57. The summed E-state index contributed by atoms with van der Waals surface area (Å²) in [5.74, 6) is 1.33. The van der Waals surface area contributed by atoms with E-state index in [1.807, 2.05) is 122 Å². The summed E-state index contributed by atoms with van der Waals surface area (Å²) >= 11 is 0. The van der Waals surface area contributed by atoms with Gasteiger partial charge in [0.25, 0.3) is 0 Å². The second kappa shape index (κ2) is 14.2. The van der Waals surface area contributed by atoms with Crippen molar-refractivity contribution in [3.8, 4) is 62.1 Å². The van der Waals surface area contributed by atoms with Crippen LogP contribution in [0.25, 0.3) is 106 Å². The number of aromatic nitrogens is 4. The molecule has 0 aliphatic rings. The molecule has 8 aromatic carbocycles. The van der Waals surface area contributed by atoms with Gasteiger partial charge < -0.3 is 8.98 Å². The molecule has 5 nitrogen and oxygen atoms in total. The van der Waals surface area contributed by atoms with Crippen LogP contribution >= 0.6 is 0 Å². The number of fused-ring (bicyclic) bond motifs is 7. The molecule has 0 unspecified atom stereocenters. The highest BCUT2D eigenvalue weighted by Crippen LogP contribution is 2.47. The Morgan fingerprint density at radius 2 is 1.02 bits per heavy atom. The first-order chi connectivity index (χ1) is 29.8. The zero-order valence-corrected chi connectivity index (χ0v) is 32.7. The maximum absolute atomic E-state index is 14.6. The molecule has 0 aliphatic heterocycles. The molecule has 0 radical (unpaired) electrons. The first-order valence-corrected chi connectivity index (χ1v) is 19.9. The topological polar surface area (TPSA) is 56.7 Å². The first-order valence-electron chi connectivity index (χ1n) is 19.9. The van der Waals surface area contributed by atoms with E-state index in [0.29, 0.717) is 39.9 Å². The molecule has 3 aromatic heterocycles. The average molecular weight is 799 g/mol. The van der Waals surface area contributed by atoms with E-state index >= 15 is 0 Å². The van der Waals surface area contributed by atoms with Crippen molar-refractivity contribution >= 4 is 43.7 Å². The fraction of sp³-hybridized carbons (Fsp3) is 0.0377. The van der Waals surface area contributed by atoms with Gasteiger partial charge in [0.1, 0.15) is 11.2 Å². The molecule has 0 atom stereocenters. The van der Waals surface area contributed by atoms with Crippen LogP contribution in [0.5, 0.6) is 0 Å². The Bertz CT molecular complexity index is 3420. The molecule has 3 heterocycles. The van der Waals surface area contributed by atoms with E-state index in [-0.39, 0.29) is 0 Å². The van der Waals surface area contributed by atoms with Crippen LogP contribution in [0.2, 0.25) is 0 Å². The summed E-state index contributed by atoms with van der Waals surface area (Å²) in [5, 5.41) is 3.86. The molecule has 0 saturated carbocycles. The number of aryl methyl sites for hydroxylation is 1. The van der Waals surface area contributed by atoms with Crippen molar-refractivity contribution in [3.63, 3.8) is 0 Å². The van der Waals surface area contributed by atoms with Gasteiger partial charge in [-0.1, -0.05) is 139 Å². The van der Waals surface area contributed by atoms with Gasteiger partial charge in [0.15, 0.2) is 17.5 Å². The normalized spacial score (nSPS) is 11.9. The van der Waals surface area contributed by atoms with E-state index in [1.165, 1.54) is 12.1 Å². The van der Waals surface area contributed by atoms with E-state index in [4.69, 9.17) is 19.4 Å². The third kappa shape index (κ3) is 6.23. The summed E-state index contributed by atoms with van der Waals surface area (Å²) in [6, 6.07) is 57.3. The average Bonchev–Trinajstić information content (AvgIpc) is 3.84. The molecule has 0 amide bonds. The Morgan fingerprint density at radius 3 is 1.67 bits per heavy atom. The van der Waals surface area contributed by atoms with Crippen LogP contribution in [0, 0.1) is 6.92 Å². The van der Waals surface area contributed by atoms with Gasteiger partial charge in [-0.2, -0.15) is 13.2 Å². The maximum Gasteiger partial charge on any atom is 0.416 e. The number of halogens is 3. The predicted octanol–water partition coefficient (Wildman–Crippen LogP) is 14.5. The first kappa shape index (κ1) is 36.3. The Balaban J connectivity index is 1.29. The van der Waals surface area contributed by atoms with Crippen LogP contribution < -0.4 is 0 Å². The van der Waals surface area contributed by atoms with Crippen molar-refractivity contribution in [2.75, 3.05) is 0 Å². The molecule has 0 saturated heterocycles. The molecule has 61 heavy (non-hydrogen) atoms. The van der Waals surface area contributed by atoms with Gasteiger partial charge in [0, 0.05) is 44.0 Å². The number of alkyl halides is 3. The lowest BCUT2D eigenvalue weighted by molar-refractivity contribution is -0.137. The third-order valence-electron chi connectivity index (χ3n) is 11.3. The number of furan rings is 1. The van der Waals surface area contributed by atoms with Gasteiger partial charge in [-0.15, -0.1) is 0 Å². The number of hydrogen-bond acceptors (Lipinski definition) is 4. The number of nitrogens with zero attached hydrogens (tertiary/aromatic N) is 4. The van der Waals surface area contributed by atoms with Crippen molar-refractivity contribution < 1.29 is 17.6 Å². The maximum atomic E-state index is 14.6. The molecule has 292 valence electrons. The van der Waals surface area contributed by atoms with Crippen molar-refractivity contribution in [3.05, 3.63) is 193 Å². The lowest BCUT2D eigenvalue weighted by atomic mass is 9.91. The van der Waals surface area contributed by atoms with E-state index in [9.17, 15) is 13.2 Å². The van der Waals surface area contributed by atoms with Crippen molar-refractivity contribution in [2.45, 2.75) is 13.1 Å². The summed E-state index contributed by atoms with van der Waals surface area (Å²) in [5.41, 5.74) is 9.06. The predicted molar refractivity (Wildman–Crippen MR) is 238 cm³/mol. The number of rotatable bonds is 6. The molecular formula is C53H33F3N4O. The van der Waals surface area contributed by atoms with Crippen LogP contribution in [-0.2, 0) is 6.18 Å². The van der Waals surface area contributed by atoms with Crippen molar-refractivity contribution in [1.82, 2.24) is 19.5 Å². The van der Waals surface area contributed by atoms with E-state index in [1.54, 1.807) is 6.07 Å². The molecule has 0 spiro atoms. The molecular weight excluding hydrogens is 766 g/mol. The molecule has 8 heteroatoms. The summed E-state index contributed by atoms with van der Waals surface area (Å²) in [6.45, 7) is 2.03. The van der Waals surface area contributed by atoms with Crippen LogP contribution in [0.15, 0.2) is 186 Å². The molecule has 11 aromatic rings. The Labute approximate surface area is 348 Å². The number of benzene rings is 8. The highest BCUT2D eigenvalue weighted by Gasteiger charge is 2.31. The van der Waals surface area contributed by atoms with Gasteiger partial charge in [-0.3, -0.25) is 0 Å². The summed E-state index contributed by atoms with van der Waals surface area (Å²) in [4.78, 5) is 15.1. The highest BCUT2D eigenvalue weighted by atomic mass is 19.4. The van der Waals surface area contributed by atoms with Gasteiger partial charge in [-0.05, 0) is 66.6 Å². The zero-order chi connectivity index (χ0) is 41.2. The lowest BCUT2D eigenvalue weighted by Crippen LogP contribution is -2.06. The third-order valence-corrected chi connectivity index (χ3v) is 11.3. The number of hydrogen-bond donors (Lipinski definition) is 0. The quantitative estimate of drug-likeness (QED) is 0.168. The fourth-order valence-electron chi connectivity index (χ4n) is 8.53. The summed E-state index contributed by atoms with van der Waals surface area (Å²) < 4.78 is 52.6. The minimum absolute atomic E-state index is 0.382. The van der Waals surface area contributed by atoms with E-state index in [2.05, 4.69) is 47.0 Å². The second-order valence-corrected chi connectivity index (χ2v) is 15.2. The van der Waals surface area contributed by atoms with Crippen LogP contribution in [-0.4, -0.2) is 19.5 Å². The van der Waals surface area contributed by atoms with Gasteiger partial charge >= 0.3 is 6.18 Å². The summed E-state index contributed by atoms with van der Waals surface area (Å²) in [6.07, 6.45) is -4.57. The Kier molecular flexibility index (Phi) is 8.42. The van der Waals surface area contributed by atoms with Gasteiger partial charge in [0.05, 0.1) is 27.7 Å². The van der Waals surface area contributed by atoms with Gasteiger partial charge in [-0.25, -0.2) is 15.0 Å². The SMILES string of the molecule is Cc1cccc(-c2cc(-c3nc(-c4ccccc4)nc(-c4ccccc4)n3)cc(-c3cccc(C(F)(F)F)c3)c2-n2c3ccccc3c3c4oc5ccccc5c4ccc32)c1. The number of para-hydroxylation sites is 2. The minimum Gasteiger partial charge on any atom is -0.455 e. The second-order valence-electron chi connectivity index (χ2n) is 15.2. The largest absolute Gasteiger partial charge is 0.455 e. The summed E-state index contributed by atoms with van der Waals surface area (Å²) in [7, 11) is 0. The van der Waals surface area contributed by atoms with Crippen LogP contribution in [0.4, 0.5) is 13.2 Å². The Morgan fingerprint density at radius 1 is 0.459 bits per heavy atom. The molecule has 0 bridgehead atoms. The van der Waals surface area contributed by atoms with Crippen molar-refractivity contribution in [2.24, 2.45) is 0 Å². The molecule has 0 aliphatic carbocycles. The van der Waals surface area contributed by atoms with Gasteiger partial charge in [0.2, 0.25) is 0 Å². The van der Waals surface area contributed by atoms with Crippen LogP contribution in [0.3, 0.4) is 0 Å². The molecule has 0 N–H and O–H groups in total. The monoisotopic (exact) mass is 798 g/mol. The van der Waals surface area contributed by atoms with Crippen molar-refractivity contribution in [1.29, 1.82) is 0 Å². The zero-order valence-electron chi connectivity index (χ0n) is 32.7.